The number of carboxylic acid groups (broad SMARTS) is 1. The Bertz CT molecular complexity index is 796. The zero-order valence-corrected chi connectivity index (χ0v) is 12.3. The van der Waals surface area contributed by atoms with Gasteiger partial charge in [0.05, 0.1) is 16.8 Å². The zero-order valence-electron chi connectivity index (χ0n) is 12.3. The van der Waals surface area contributed by atoms with Gasteiger partial charge in [0.25, 0.3) is 0 Å². The molecule has 5 heteroatoms. The summed E-state index contributed by atoms with van der Waals surface area (Å²) < 4.78 is 0. The number of carbonyl (C=O) groups is 1. The molecule has 0 atom stereocenters. The number of rotatable bonds is 2. The Hall–Kier alpha value is -2.82. The van der Waals surface area contributed by atoms with E-state index in [0.29, 0.717) is 11.3 Å². The first-order chi connectivity index (χ1) is 10.4. The van der Waals surface area contributed by atoms with Crippen molar-refractivity contribution in [3.63, 3.8) is 0 Å². The van der Waals surface area contributed by atoms with Crippen LogP contribution in [-0.4, -0.2) is 26.2 Å². The van der Waals surface area contributed by atoms with Crippen LogP contribution in [0, 0.1) is 5.41 Å². The monoisotopic (exact) mass is 296 g/mol. The Labute approximate surface area is 127 Å². The highest BCUT2D eigenvalue weighted by atomic mass is 16.4. The maximum absolute atomic E-state index is 10.9. The Morgan fingerprint density at radius 2 is 1.95 bits per heavy atom. The lowest BCUT2D eigenvalue weighted by atomic mass is 9.93. The Balaban J connectivity index is 2.12. The van der Waals surface area contributed by atoms with Crippen molar-refractivity contribution in [1.29, 1.82) is 0 Å². The molecule has 0 saturated carbocycles. The van der Waals surface area contributed by atoms with Crippen molar-refractivity contribution in [2.75, 3.05) is 0 Å². The van der Waals surface area contributed by atoms with Crippen molar-refractivity contribution in [2.45, 2.75) is 13.8 Å². The third-order valence-electron chi connectivity index (χ3n) is 3.68. The molecule has 0 amide bonds. The smallest absolute Gasteiger partial charge is 0.337 e. The molecule has 1 aliphatic carbocycles. The fourth-order valence-corrected chi connectivity index (χ4v) is 2.40. The number of aromatic amines is 1. The molecule has 0 aliphatic heterocycles. The van der Waals surface area contributed by atoms with E-state index in [1.54, 1.807) is 6.07 Å². The normalized spacial score (nSPS) is 15.4. The third-order valence-corrected chi connectivity index (χ3v) is 3.68. The van der Waals surface area contributed by atoms with Crippen LogP contribution >= 0.6 is 0 Å². The number of nitrogens with one attached hydrogen (secondary N) is 1. The molecule has 5 nitrogen and oxygen atoms in total. The minimum Gasteiger partial charge on any atom is -0.494 e. The number of hydrogen-bond acceptors (Lipinski definition) is 3. The van der Waals surface area contributed by atoms with Crippen LogP contribution in [0.5, 0.6) is 5.88 Å². The molecule has 0 spiro atoms. The first-order valence-electron chi connectivity index (χ1n) is 6.90. The standard InChI is InChI=1S/C17H16N2O3/c1-17(2)7-5-11-12(6-8-17)19-15(20)14(11)13-4-3-10(9-18-13)16(21)22/h3-9,19-20H,1-2H3,(H,21,22). The second-order valence-electron chi connectivity index (χ2n) is 5.90. The van der Waals surface area contributed by atoms with E-state index >= 15 is 0 Å². The number of carboxylic acids is 1. The number of pyridine rings is 1. The lowest BCUT2D eigenvalue weighted by Crippen LogP contribution is -2.00. The lowest BCUT2D eigenvalue weighted by Gasteiger charge is -2.12. The number of nitrogens with zero attached hydrogens (tertiary/aromatic N) is 1. The van der Waals surface area contributed by atoms with Gasteiger partial charge in [-0.1, -0.05) is 32.1 Å². The summed E-state index contributed by atoms with van der Waals surface area (Å²) in [6, 6.07) is 3.07. The van der Waals surface area contributed by atoms with Crippen LogP contribution in [0.25, 0.3) is 23.4 Å². The minimum absolute atomic E-state index is 0.0228. The van der Waals surface area contributed by atoms with Crippen LogP contribution in [0.2, 0.25) is 0 Å². The van der Waals surface area contributed by atoms with Crippen molar-refractivity contribution >= 4 is 18.1 Å². The second-order valence-corrected chi connectivity index (χ2v) is 5.90. The lowest BCUT2D eigenvalue weighted by molar-refractivity contribution is 0.0696. The molecule has 2 aromatic heterocycles. The number of H-pyrrole nitrogens is 1. The van der Waals surface area contributed by atoms with E-state index in [1.807, 2.05) is 12.2 Å². The summed E-state index contributed by atoms with van der Waals surface area (Å²) in [5, 5.41) is 19.1. The van der Waals surface area contributed by atoms with Gasteiger partial charge in [-0.2, -0.15) is 0 Å². The zero-order chi connectivity index (χ0) is 15.9. The quantitative estimate of drug-likeness (QED) is 0.791. The molecular weight excluding hydrogens is 280 g/mol. The molecule has 0 bridgehead atoms. The van der Waals surface area contributed by atoms with E-state index in [0.717, 1.165) is 11.3 Å². The Kier molecular flexibility index (Phi) is 3.13. The van der Waals surface area contributed by atoms with Crippen LogP contribution in [0.4, 0.5) is 0 Å². The summed E-state index contributed by atoms with van der Waals surface area (Å²) in [5.41, 5.74) is 2.78. The van der Waals surface area contributed by atoms with Crippen LogP contribution < -0.4 is 0 Å². The van der Waals surface area contributed by atoms with Crippen LogP contribution in [0.1, 0.15) is 35.5 Å². The van der Waals surface area contributed by atoms with Crippen LogP contribution in [0.15, 0.2) is 30.5 Å². The van der Waals surface area contributed by atoms with Gasteiger partial charge in [0, 0.05) is 22.9 Å². The van der Waals surface area contributed by atoms with Crippen molar-refractivity contribution in [1.82, 2.24) is 9.97 Å². The number of fused-ring (bicyclic) bond motifs is 1. The number of allylic oxidation sites excluding steroid dienone is 2. The average Bonchev–Trinajstić information content (AvgIpc) is 2.71. The van der Waals surface area contributed by atoms with Crippen LogP contribution in [0.3, 0.4) is 0 Å². The third kappa shape index (κ3) is 2.41. The topological polar surface area (TPSA) is 86.2 Å². The fraction of sp³-hybridized carbons (Fsp3) is 0.176. The van der Waals surface area contributed by atoms with Gasteiger partial charge < -0.3 is 15.2 Å². The molecule has 0 fully saturated rings. The number of hydrogen-bond donors (Lipinski definition) is 3. The predicted octanol–water partition coefficient (Wildman–Crippen LogP) is 3.55. The van der Waals surface area contributed by atoms with Gasteiger partial charge in [-0.05, 0) is 18.2 Å². The van der Waals surface area contributed by atoms with Gasteiger partial charge >= 0.3 is 5.97 Å². The SMILES string of the molecule is CC1(C)C=Cc2[nH]c(O)c(-c3ccc(C(=O)O)cn3)c2C=C1. The van der Waals surface area contributed by atoms with Crippen molar-refractivity contribution in [2.24, 2.45) is 5.41 Å². The second kappa shape index (κ2) is 4.87. The van der Waals surface area contributed by atoms with E-state index in [-0.39, 0.29) is 16.9 Å². The summed E-state index contributed by atoms with van der Waals surface area (Å²) in [7, 11) is 0. The largest absolute Gasteiger partial charge is 0.494 e. The maximum atomic E-state index is 10.9. The van der Waals surface area contributed by atoms with E-state index in [9.17, 15) is 9.90 Å². The molecule has 22 heavy (non-hydrogen) atoms. The van der Waals surface area contributed by atoms with Crippen molar-refractivity contribution in [3.05, 3.63) is 47.3 Å². The molecule has 2 heterocycles. The average molecular weight is 296 g/mol. The number of aromatic carboxylic acids is 1. The molecule has 1 aliphatic rings. The number of aromatic hydroxyl groups is 1. The van der Waals surface area contributed by atoms with Crippen molar-refractivity contribution < 1.29 is 15.0 Å². The van der Waals surface area contributed by atoms with Gasteiger partial charge in [0.1, 0.15) is 0 Å². The summed E-state index contributed by atoms with van der Waals surface area (Å²) in [5.74, 6) is -1.00. The molecule has 0 radical (unpaired) electrons. The highest BCUT2D eigenvalue weighted by molar-refractivity contribution is 5.88. The predicted molar refractivity (Wildman–Crippen MR) is 84.5 cm³/mol. The van der Waals surface area contributed by atoms with Gasteiger partial charge in [0.2, 0.25) is 0 Å². The van der Waals surface area contributed by atoms with E-state index in [4.69, 9.17) is 5.11 Å². The first-order valence-corrected chi connectivity index (χ1v) is 6.90. The van der Waals surface area contributed by atoms with Gasteiger partial charge in [0.15, 0.2) is 5.88 Å². The molecule has 112 valence electrons. The number of aromatic nitrogens is 2. The molecule has 0 aromatic carbocycles. The Morgan fingerprint density at radius 3 is 2.59 bits per heavy atom. The molecule has 3 rings (SSSR count). The molecule has 0 unspecified atom stereocenters. The van der Waals surface area contributed by atoms with Crippen molar-refractivity contribution in [3.8, 4) is 17.1 Å². The summed E-state index contributed by atoms with van der Waals surface area (Å²) in [6.07, 6.45) is 9.28. The molecular formula is C17H16N2O3. The highest BCUT2D eigenvalue weighted by Gasteiger charge is 2.21. The molecule has 2 aromatic rings. The first kappa shape index (κ1) is 14.1. The summed E-state index contributed by atoms with van der Waals surface area (Å²) >= 11 is 0. The molecule has 3 N–H and O–H groups in total. The maximum Gasteiger partial charge on any atom is 0.337 e. The van der Waals surface area contributed by atoms with Crippen LogP contribution in [-0.2, 0) is 0 Å². The Morgan fingerprint density at radius 1 is 1.23 bits per heavy atom. The molecule has 0 saturated heterocycles. The van der Waals surface area contributed by atoms with E-state index in [2.05, 4.69) is 36.0 Å². The summed E-state index contributed by atoms with van der Waals surface area (Å²) in [4.78, 5) is 18.0. The summed E-state index contributed by atoms with van der Waals surface area (Å²) in [6.45, 7) is 4.18. The van der Waals surface area contributed by atoms with E-state index < -0.39 is 5.97 Å². The fourth-order valence-electron chi connectivity index (χ4n) is 2.40. The highest BCUT2D eigenvalue weighted by Crippen LogP contribution is 2.38. The van der Waals surface area contributed by atoms with Gasteiger partial charge in [-0.25, -0.2) is 4.79 Å². The van der Waals surface area contributed by atoms with E-state index in [1.165, 1.54) is 12.3 Å². The van der Waals surface area contributed by atoms with Gasteiger partial charge in [-0.3, -0.25) is 4.98 Å². The van der Waals surface area contributed by atoms with Gasteiger partial charge in [-0.15, -0.1) is 0 Å². The minimum atomic E-state index is -1.03.